The summed E-state index contributed by atoms with van der Waals surface area (Å²) in [6, 6.07) is 12.0. The van der Waals surface area contributed by atoms with Crippen molar-refractivity contribution in [1.82, 2.24) is 4.90 Å². The normalized spacial score (nSPS) is 17.0. The van der Waals surface area contributed by atoms with Gasteiger partial charge in [0.05, 0.1) is 10.9 Å². The lowest BCUT2D eigenvalue weighted by Crippen LogP contribution is -2.28. The number of carbonyl (C=O) groups excluding carboxylic acids is 2. The highest BCUT2D eigenvalue weighted by atomic mass is 35.5. The molecule has 1 aliphatic rings. The predicted octanol–water partition coefficient (Wildman–Crippen LogP) is 3.77. The van der Waals surface area contributed by atoms with Gasteiger partial charge in [-0.2, -0.15) is 0 Å². The van der Waals surface area contributed by atoms with Gasteiger partial charge in [0.25, 0.3) is 0 Å². The van der Waals surface area contributed by atoms with Crippen molar-refractivity contribution < 1.29 is 14.0 Å². The van der Waals surface area contributed by atoms with Crippen molar-refractivity contribution in [3.8, 4) is 0 Å². The standard InChI is InChI=1S/C19H18ClFN2O2/c1-12-2-4-13(5-3-12)10-23-11-14(8-18(23)24)19(25)22-15-6-7-17(21)16(20)9-15/h2-7,9,14H,8,10-11H2,1H3,(H,22,25)/t14-/m1/s1. The van der Waals surface area contributed by atoms with Crippen molar-refractivity contribution in [3.63, 3.8) is 0 Å². The van der Waals surface area contributed by atoms with Crippen LogP contribution in [0, 0.1) is 18.7 Å². The number of hydrogen-bond donors (Lipinski definition) is 1. The number of amides is 2. The van der Waals surface area contributed by atoms with Crippen LogP contribution in [0.1, 0.15) is 17.5 Å². The summed E-state index contributed by atoms with van der Waals surface area (Å²) in [5.74, 6) is -1.28. The molecule has 1 N–H and O–H groups in total. The molecular weight excluding hydrogens is 343 g/mol. The highest BCUT2D eigenvalue weighted by molar-refractivity contribution is 6.31. The van der Waals surface area contributed by atoms with Gasteiger partial charge in [-0.25, -0.2) is 4.39 Å². The number of aryl methyl sites for hydroxylation is 1. The third-order valence-electron chi connectivity index (χ3n) is 4.27. The molecule has 3 rings (SSSR count). The van der Waals surface area contributed by atoms with Crippen LogP contribution in [0.15, 0.2) is 42.5 Å². The van der Waals surface area contributed by atoms with E-state index in [1.54, 1.807) is 4.90 Å². The van der Waals surface area contributed by atoms with E-state index < -0.39 is 11.7 Å². The molecule has 1 saturated heterocycles. The Hall–Kier alpha value is -2.40. The maximum atomic E-state index is 13.2. The fourth-order valence-electron chi connectivity index (χ4n) is 2.83. The molecule has 0 radical (unpaired) electrons. The first-order valence-corrected chi connectivity index (χ1v) is 8.39. The van der Waals surface area contributed by atoms with Crippen molar-refractivity contribution in [2.24, 2.45) is 5.92 Å². The second kappa shape index (κ2) is 7.23. The summed E-state index contributed by atoms with van der Waals surface area (Å²) in [5, 5.41) is 2.64. The quantitative estimate of drug-likeness (QED) is 0.902. The molecule has 0 aromatic heterocycles. The number of halogens is 2. The predicted molar refractivity (Wildman–Crippen MR) is 94.7 cm³/mol. The topological polar surface area (TPSA) is 49.4 Å². The molecular formula is C19H18ClFN2O2. The number of anilines is 1. The van der Waals surface area contributed by atoms with Crippen LogP contribution in [0.2, 0.25) is 5.02 Å². The Labute approximate surface area is 150 Å². The molecule has 2 aromatic rings. The molecule has 130 valence electrons. The molecule has 0 bridgehead atoms. The zero-order valence-corrected chi connectivity index (χ0v) is 14.5. The molecule has 0 aliphatic carbocycles. The van der Waals surface area contributed by atoms with Gasteiger partial charge in [-0.05, 0) is 30.7 Å². The first kappa shape index (κ1) is 17.4. The van der Waals surface area contributed by atoms with Crippen LogP contribution in [0.25, 0.3) is 0 Å². The lowest BCUT2D eigenvalue weighted by atomic mass is 10.1. The van der Waals surface area contributed by atoms with Crippen LogP contribution >= 0.6 is 11.6 Å². The third kappa shape index (κ3) is 4.17. The summed E-state index contributed by atoms with van der Waals surface area (Å²) in [6.45, 7) is 2.87. The minimum Gasteiger partial charge on any atom is -0.338 e. The smallest absolute Gasteiger partial charge is 0.229 e. The van der Waals surface area contributed by atoms with E-state index in [9.17, 15) is 14.0 Å². The van der Waals surface area contributed by atoms with E-state index in [0.717, 1.165) is 11.1 Å². The zero-order valence-electron chi connectivity index (χ0n) is 13.8. The van der Waals surface area contributed by atoms with E-state index in [-0.39, 0.29) is 23.3 Å². The van der Waals surface area contributed by atoms with Gasteiger partial charge in [0.1, 0.15) is 5.82 Å². The Balaban J connectivity index is 1.62. The van der Waals surface area contributed by atoms with Gasteiger partial charge < -0.3 is 10.2 Å². The van der Waals surface area contributed by atoms with Gasteiger partial charge in [0.15, 0.2) is 0 Å². The first-order valence-electron chi connectivity index (χ1n) is 8.01. The van der Waals surface area contributed by atoms with E-state index in [1.165, 1.54) is 18.2 Å². The summed E-state index contributed by atoms with van der Waals surface area (Å²) in [6.07, 6.45) is 0.173. The van der Waals surface area contributed by atoms with E-state index in [0.29, 0.717) is 18.8 Å². The van der Waals surface area contributed by atoms with Crippen LogP contribution in [0.4, 0.5) is 10.1 Å². The largest absolute Gasteiger partial charge is 0.338 e. The average Bonchev–Trinajstić information content (AvgIpc) is 2.94. The summed E-state index contributed by atoms with van der Waals surface area (Å²) >= 11 is 5.72. The fraction of sp³-hybridized carbons (Fsp3) is 0.263. The number of likely N-dealkylation sites (tertiary alicyclic amines) is 1. The van der Waals surface area contributed by atoms with E-state index in [2.05, 4.69) is 5.32 Å². The van der Waals surface area contributed by atoms with Crippen LogP contribution in [0.3, 0.4) is 0 Å². The van der Waals surface area contributed by atoms with Gasteiger partial charge in [-0.15, -0.1) is 0 Å². The van der Waals surface area contributed by atoms with Crippen LogP contribution < -0.4 is 5.32 Å². The van der Waals surface area contributed by atoms with Crippen molar-refractivity contribution in [1.29, 1.82) is 0 Å². The Morgan fingerprint density at radius 3 is 2.68 bits per heavy atom. The molecule has 0 unspecified atom stereocenters. The molecule has 0 spiro atoms. The molecule has 2 amide bonds. The summed E-state index contributed by atoms with van der Waals surface area (Å²) in [5.41, 5.74) is 2.61. The van der Waals surface area contributed by atoms with Crippen LogP contribution in [0.5, 0.6) is 0 Å². The summed E-state index contributed by atoms with van der Waals surface area (Å²) in [4.78, 5) is 26.2. The van der Waals surface area contributed by atoms with E-state index in [1.807, 2.05) is 31.2 Å². The summed E-state index contributed by atoms with van der Waals surface area (Å²) < 4.78 is 13.2. The molecule has 1 fully saturated rings. The lowest BCUT2D eigenvalue weighted by Gasteiger charge is -2.17. The van der Waals surface area contributed by atoms with Crippen molar-refractivity contribution in [3.05, 3.63) is 64.4 Å². The van der Waals surface area contributed by atoms with Crippen molar-refractivity contribution in [2.45, 2.75) is 19.9 Å². The highest BCUT2D eigenvalue weighted by Gasteiger charge is 2.34. The Morgan fingerprint density at radius 1 is 1.28 bits per heavy atom. The number of hydrogen-bond acceptors (Lipinski definition) is 2. The minimum absolute atomic E-state index is 0.0436. The van der Waals surface area contributed by atoms with Gasteiger partial charge in [-0.1, -0.05) is 41.4 Å². The van der Waals surface area contributed by atoms with Gasteiger partial charge in [0.2, 0.25) is 11.8 Å². The van der Waals surface area contributed by atoms with Crippen molar-refractivity contribution in [2.75, 3.05) is 11.9 Å². The zero-order chi connectivity index (χ0) is 18.0. The molecule has 25 heavy (non-hydrogen) atoms. The molecule has 1 aliphatic heterocycles. The monoisotopic (exact) mass is 360 g/mol. The number of nitrogens with zero attached hydrogens (tertiary/aromatic N) is 1. The van der Waals surface area contributed by atoms with Gasteiger partial charge >= 0.3 is 0 Å². The Kier molecular flexibility index (Phi) is 5.04. The fourth-order valence-corrected chi connectivity index (χ4v) is 3.01. The van der Waals surface area contributed by atoms with Gasteiger partial charge in [0, 0.05) is 25.2 Å². The number of nitrogens with one attached hydrogen (secondary N) is 1. The molecule has 4 nitrogen and oxygen atoms in total. The summed E-state index contributed by atoms with van der Waals surface area (Å²) in [7, 11) is 0. The third-order valence-corrected chi connectivity index (χ3v) is 4.56. The molecule has 1 atom stereocenters. The Bertz CT molecular complexity index is 808. The van der Waals surface area contributed by atoms with Gasteiger partial charge in [-0.3, -0.25) is 9.59 Å². The highest BCUT2D eigenvalue weighted by Crippen LogP contribution is 2.24. The second-order valence-corrected chi connectivity index (χ2v) is 6.69. The lowest BCUT2D eigenvalue weighted by molar-refractivity contribution is -0.128. The second-order valence-electron chi connectivity index (χ2n) is 6.28. The first-order chi connectivity index (χ1) is 11.9. The van der Waals surface area contributed by atoms with E-state index >= 15 is 0 Å². The van der Waals surface area contributed by atoms with Crippen molar-refractivity contribution >= 4 is 29.1 Å². The number of rotatable bonds is 4. The minimum atomic E-state index is -0.542. The number of benzene rings is 2. The maximum Gasteiger partial charge on any atom is 0.229 e. The SMILES string of the molecule is Cc1ccc(CN2C[C@H](C(=O)Nc3ccc(F)c(Cl)c3)CC2=O)cc1. The number of carbonyl (C=O) groups is 2. The van der Waals surface area contributed by atoms with E-state index in [4.69, 9.17) is 11.6 Å². The molecule has 2 aromatic carbocycles. The average molecular weight is 361 g/mol. The molecule has 0 saturated carbocycles. The Morgan fingerprint density at radius 2 is 2.00 bits per heavy atom. The molecule has 1 heterocycles. The molecule has 6 heteroatoms. The maximum absolute atomic E-state index is 13.2. The van der Waals surface area contributed by atoms with Crippen LogP contribution in [-0.4, -0.2) is 23.3 Å². The van der Waals surface area contributed by atoms with Crippen LogP contribution in [-0.2, 0) is 16.1 Å².